The molecule has 0 saturated heterocycles. The Kier molecular flexibility index (Phi) is 4.01. The lowest BCUT2D eigenvalue weighted by Crippen LogP contribution is -2.49. The topological polar surface area (TPSA) is 122 Å². The highest BCUT2D eigenvalue weighted by Crippen LogP contribution is 2.18. The summed E-state index contributed by atoms with van der Waals surface area (Å²) in [4.78, 5) is 24.8. The van der Waals surface area contributed by atoms with Crippen LogP contribution in [0.15, 0.2) is 4.90 Å². The van der Waals surface area contributed by atoms with Gasteiger partial charge in [0.1, 0.15) is 4.90 Å². The van der Waals surface area contributed by atoms with E-state index in [-0.39, 0.29) is 10.9 Å². The van der Waals surface area contributed by atoms with Gasteiger partial charge in [-0.3, -0.25) is 19.7 Å². The fourth-order valence-electron chi connectivity index (χ4n) is 1.84. The van der Waals surface area contributed by atoms with E-state index < -0.39 is 21.8 Å². The zero-order chi connectivity index (χ0) is 15.8. The summed E-state index contributed by atoms with van der Waals surface area (Å²) < 4.78 is 25.7. The minimum absolute atomic E-state index is 0.0164. The first-order valence-corrected chi connectivity index (χ1v) is 7.83. The maximum atomic E-state index is 12.1. The van der Waals surface area contributed by atoms with Crippen LogP contribution in [0.4, 0.5) is 0 Å². The minimum atomic E-state index is -3.99. The number of aromatic nitrogens is 2. The molecule has 0 unspecified atom stereocenters. The SMILES string of the molecule is Cc1nn(C)c(C)c1S(=O)(=O)NNC(=O)C(=O)NC1CC1. The molecule has 1 aromatic rings. The number of aryl methyl sites for hydroxylation is 2. The van der Waals surface area contributed by atoms with E-state index in [0.717, 1.165) is 12.8 Å². The first-order valence-electron chi connectivity index (χ1n) is 6.35. The highest BCUT2D eigenvalue weighted by Gasteiger charge is 2.28. The first-order chi connectivity index (χ1) is 9.72. The number of nitrogens with zero attached hydrogens (tertiary/aromatic N) is 2. The molecule has 0 bridgehead atoms. The highest BCUT2D eigenvalue weighted by atomic mass is 32.2. The van der Waals surface area contributed by atoms with Gasteiger partial charge in [-0.2, -0.15) is 5.10 Å². The van der Waals surface area contributed by atoms with Crippen molar-refractivity contribution in [1.29, 1.82) is 0 Å². The van der Waals surface area contributed by atoms with Gasteiger partial charge in [0.15, 0.2) is 0 Å². The lowest BCUT2D eigenvalue weighted by molar-refractivity contribution is -0.139. The molecule has 0 aromatic carbocycles. The monoisotopic (exact) mass is 315 g/mol. The summed E-state index contributed by atoms with van der Waals surface area (Å²) in [6, 6.07) is 0.0164. The molecule has 0 aliphatic heterocycles. The second kappa shape index (κ2) is 5.45. The molecule has 1 saturated carbocycles. The van der Waals surface area contributed by atoms with Gasteiger partial charge in [0.25, 0.3) is 10.0 Å². The predicted molar refractivity (Wildman–Crippen MR) is 72.3 cm³/mol. The molecule has 1 fully saturated rings. The summed E-state index contributed by atoms with van der Waals surface area (Å²) >= 11 is 0. The van der Waals surface area contributed by atoms with E-state index >= 15 is 0 Å². The van der Waals surface area contributed by atoms with Crippen LogP contribution in [0.1, 0.15) is 24.2 Å². The Morgan fingerprint density at radius 3 is 2.33 bits per heavy atom. The first kappa shape index (κ1) is 15.4. The zero-order valence-electron chi connectivity index (χ0n) is 11.9. The number of sulfonamides is 1. The number of carbonyl (C=O) groups excluding carboxylic acids is 2. The van der Waals surface area contributed by atoms with Crippen molar-refractivity contribution in [3.8, 4) is 0 Å². The summed E-state index contributed by atoms with van der Waals surface area (Å²) in [5.41, 5.74) is 2.62. The Labute approximate surface area is 122 Å². The normalized spacial score (nSPS) is 14.8. The van der Waals surface area contributed by atoms with Crippen LogP contribution < -0.4 is 15.6 Å². The van der Waals surface area contributed by atoms with E-state index in [4.69, 9.17) is 0 Å². The summed E-state index contributed by atoms with van der Waals surface area (Å²) in [6.07, 6.45) is 1.66. The average molecular weight is 315 g/mol. The van der Waals surface area contributed by atoms with Gasteiger partial charge in [0.05, 0.1) is 11.4 Å². The standard InChI is InChI=1S/C11H17N5O4S/c1-6-9(7(2)16(3)14-6)21(19,20)15-13-11(18)10(17)12-8-4-5-8/h8,15H,4-5H2,1-3H3,(H,12,17)(H,13,18). The quantitative estimate of drug-likeness (QED) is 0.467. The number of hydrogen-bond donors (Lipinski definition) is 3. The van der Waals surface area contributed by atoms with Gasteiger partial charge < -0.3 is 5.32 Å². The zero-order valence-corrected chi connectivity index (χ0v) is 12.7. The summed E-state index contributed by atoms with van der Waals surface area (Å²) in [6.45, 7) is 3.14. The maximum Gasteiger partial charge on any atom is 0.324 e. The van der Waals surface area contributed by atoms with Crippen molar-refractivity contribution in [2.24, 2.45) is 7.05 Å². The van der Waals surface area contributed by atoms with Gasteiger partial charge in [0, 0.05) is 13.1 Å². The second-order valence-electron chi connectivity index (χ2n) is 4.93. The third-order valence-electron chi connectivity index (χ3n) is 3.13. The van der Waals surface area contributed by atoms with Crippen molar-refractivity contribution in [3.05, 3.63) is 11.4 Å². The predicted octanol–water partition coefficient (Wildman–Crippen LogP) is -1.37. The molecule has 1 aliphatic carbocycles. The number of hydrazine groups is 1. The third kappa shape index (κ3) is 3.39. The molecule has 1 aromatic heterocycles. The highest BCUT2D eigenvalue weighted by molar-refractivity contribution is 7.89. The van der Waals surface area contributed by atoms with Crippen molar-refractivity contribution < 1.29 is 18.0 Å². The molecule has 116 valence electrons. The molecule has 0 spiro atoms. The number of carbonyl (C=O) groups is 2. The molecule has 10 heteroatoms. The van der Waals surface area contributed by atoms with Crippen LogP contribution in [-0.4, -0.2) is 36.1 Å². The van der Waals surface area contributed by atoms with Gasteiger partial charge in [-0.1, -0.05) is 0 Å². The van der Waals surface area contributed by atoms with Gasteiger partial charge in [0.2, 0.25) is 0 Å². The number of amides is 2. The fraction of sp³-hybridized carbons (Fsp3) is 0.545. The second-order valence-corrected chi connectivity index (χ2v) is 6.55. The Bertz CT molecular complexity index is 690. The summed E-state index contributed by atoms with van der Waals surface area (Å²) in [5.74, 6) is -1.91. The van der Waals surface area contributed by atoms with Crippen molar-refractivity contribution in [1.82, 2.24) is 25.4 Å². The van der Waals surface area contributed by atoms with Crippen molar-refractivity contribution in [2.75, 3.05) is 0 Å². The van der Waals surface area contributed by atoms with Crippen LogP contribution in [0.3, 0.4) is 0 Å². The summed E-state index contributed by atoms with van der Waals surface area (Å²) in [5, 5.41) is 6.45. The Morgan fingerprint density at radius 1 is 1.24 bits per heavy atom. The number of hydrogen-bond acceptors (Lipinski definition) is 5. The largest absolute Gasteiger partial charge is 0.345 e. The Balaban J connectivity index is 2.04. The van der Waals surface area contributed by atoms with E-state index in [9.17, 15) is 18.0 Å². The molecule has 0 radical (unpaired) electrons. The van der Waals surface area contributed by atoms with Crippen LogP contribution >= 0.6 is 0 Å². The van der Waals surface area contributed by atoms with Crippen LogP contribution in [0.25, 0.3) is 0 Å². The number of nitrogens with one attached hydrogen (secondary N) is 3. The molecule has 1 aliphatic rings. The van der Waals surface area contributed by atoms with Crippen molar-refractivity contribution in [2.45, 2.75) is 37.6 Å². The number of rotatable bonds is 4. The summed E-state index contributed by atoms with van der Waals surface area (Å²) in [7, 11) is -2.37. The molecular formula is C11H17N5O4S. The molecule has 3 N–H and O–H groups in total. The molecular weight excluding hydrogens is 298 g/mol. The van der Waals surface area contributed by atoms with E-state index in [1.54, 1.807) is 20.9 Å². The van der Waals surface area contributed by atoms with Crippen LogP contribution in [-0.2, 0) is 26.7 Å². The molecule has 0 atom stereocenters. The van der Waals surface area contributed by atoms with Gasteiger partial charge in [-0.05, 0) is 26.7 Å². The molecule has 1 heterocycles. The average Bonchev–Trinajstić information content (AvgIpc) is 3.14. The van der Waals surface area contributed by atoms with Crippen LogP contribution in [0.5, 0.6) is 0 Å². The lowest BCUT2D eigenvalue weighted by Gasteiger charge is -2.08. The van der Waals surface area contributed by atoms with Crippen LogP contribution in [0.2, 0.25) is 0 Å². The van der Waals surface area contributed by atoms with E-state index in [2.05, 4.69) is 10.4 Å². The maximum absolute atomic E-state index is 12.1. The van der Waals surface area contributed by atoms with E-state index in [0.29, 0.717) is 11.4 Å². The Morgan fingerprint density at radius 2 is 1.86 bits per heavy atom. The van der Waals surface area contributed by atoms with Gasteiger partial charge >= 0.3 is 11.8 Å². The van der Waals surface area contributed by atoms with Crippen LogP contribution in [0, 0.1) is 13.8 Å². The van der Waals surface area contributed by atoms with Gasteiger partial charge in [-0.25, -0.2) is 8.42 Å². The fourth-order valence-corrected chi connectivity index (χ4v) is 3.12. The third-order valence-corrected chi connectivity index (χ3v) is 4.63. The molecule has 9 nitrogen and oxygen atoms in total. The minimum Gasteiger partial charge on any atom is -0.345 e. The van der Waals surface area contributed by atoms with Crippen molar-refractivity contribution >= 4 is 21.8 Å². The molecule has 2 rings (SSSR count). The lowest BCUT2D eigenvalue weighted by atomic mass is 10.4. The Hall–Kier alpha value is -1.94. The molecule has 2 amide bonds. The van der Waals surface area contributed by atoms with Gasteiger partial charge in [-0.15, -0.1) is 4.83 Å². The molecule has 21 heavy (non-hydrogen) atoms. The van der Waals surface area contributed by atoms with E-state index in [1.807, 2.05) is 10.3 Å². The van der Waals surface area contributed by atoms with E-state index in [1.165, 1.54) is 4.68 Å². The smallest absolute Gasteiger partial charge is 0.324 e. The van der Waals surface area contributed by atoms with Crippen molar-refractivity contribution in [3.63, 3.8) is 0 Å².